The van der Waals surface area contributed by atoms with Gasteiger partial charge in [0.2, 0.25) is 0 Å². The first-order valence-corrected chi connectivity index (χ1v) is 7.51. The van der Waals surface area contributed by atoms with Crippen molar-refractivity contribution in [2.75, 3.05) is 13.7 Å². The van der Waals surface area contributed by atoms with E-state index < -0.39 is 5.91 Å². The summed E-state index contributed by atoms with van der Waals surface area (Å²) in [7, 11) is 1.59. The number of carbonyl (C=O) groups is 1. The Hall–Kier alpha value is -1.46. The lowest BCUT2D eigenvalue weighted by Crippen LogP contribution is -2.30. The Morgan fingerprint density at radius 2 is 2.05 bits per heavy atom. The minimum absolute atomic E-state index is 0. The molecule has 5 nitrogen and oxygen atoms in total. The number of nitrogens with two attached hydrogens (primary N) is 1. The molecule has 3 N–H and O–H groups in total. The largest absolute Gasteiger partial charge is 0.493 e. The molecular weight excluding hydrogens is 304 g/mol. The number of benzene rings is 1. The molecule has 1 saturated carbocycles. The number of ether oxygens (including phenoxy) is 2. The van der Waals surface area contributed by atoms with Crippen LogP contribution >= 0.6 is 12.4 Å². The number of primary amides is 1. The number of carbonyl (C=O) groups excluding carboxylic acids is 1. The highest BCUT2D eigenvalue weighted by Crippen LogP contribution is 2.31. The molecule has 0 heterocycles. The molecule has 0 aliphatic heterocycles. The molecule has 22 heavy (non-hydrogen) atoms. The van der Waals surface area contributed by atoms with E-state index in [0.717, 1.165) is 5.56 Å². The van der Waals surface area contributed by atoms with Gasteiger partial charge >= 0.3 is 0 Å². The Balaban J connectivity index is 0.00000242. The average Bonchev–Trinajstić information content (AvgIpc) is 2.51. The number of halogens is 1. The maximum atomic E-state index is 10.9. The Bertz CT molecular complexity index is 476. The molecule has 1 amide bonds. The maximum Gasteiger partial charge on any atom is 0.255 e. The second-order valence-corrected chi connectivity index (χ2v) is 5.42. The van der Waals surface area contributed by atoms with Crippen molar-refractivity contribution in [2.45, 2.75) is 44.7 Å². The van der Waals surface area contributed by atoms with Crippen molar-refractivity contribution < 1.29 is 14.3 Å². The van der Waals surface area contributed by atoms with Gasteiger partial charge in [-0.2, -0.15) is 0 Å². The highest BCUT2D eigenvalue weighted by molar-refractivity contribution is 5.85. The number of methoxy groups -OCH3 is 1. The van der Waals surface area contributed by atoms with Crippen molar-refractivity contribution in [2.24, 2.45) is 5.73 Å². The summed E-state index contributed by atoms with van der Waals surface area (Å²) in [4.78, 5) is 10.9. The van der Waals surface area contributed by atoms with Crippen LogP contribution < -0.4 is 20.5 Å². The van der Waals surface area contributed by atoms with Gasteiger partial charge in [0.15, 0.2) is 18.1 Å². The number of rotatable bonds is 7. The van der Waals surface area contributed by atoms with E-state index in [1.807, 2.05) is 18.2 Å². The van der Waals surface area contributed by atoms with Crippen LogP contribution in [0.5, 0.6) is 11.5 Å². The van der Waals surface area contributed by atoms with E-state index in [2.05, 4.69) is 5.32 Å². The number of nitrogens with one attached hydrogen (secondary N) is 1. The van der Waals surface area contributed by atoms with Crippen LogP contribution in [0.25, 0.3) is 0 Å². The van der Waals surface area contributed by atoms with Crippen LogP contribution in [0.15, 0.2) is 18.2 Å². The number of hydrogen-bond acceptors (Lipinski definition) is 4. The van der Waals surface area contributed by atoms with Gasteiger partial charge in [-0.1, -0.05) is 31.4 Å². The van der Waals surface area contributed by atoms with Gasteiger partial charge in [-0.15, -0.1) is 12.4 Å². The Kier molecular flexibility index (Phi) is 8.06. The molecular formula is C16H25ClN2O3. The van der Waals surface area contributed by atoms with Crippen molar-refractivity contribution in [3.05, 3.63) is 23.8 Å². The second-order valence-electron chi connectivity index (χ2n) is 5.42. The Morgan fingerprint density at radius 1 is 1.32 bits per heavy atom. The molecule has 0 spiro atoms. The summed E-state index contributed by atoms with van der Waals surface area (Å²) in [6.45, 7) is 0.562. The van der Waals surface area contributed by atoms with Gasteiger partial charge in [0, 0.05) is 18.2 Å². The lowest BCUT2D eigenvalue weighted by Gasteiger charge is -2.23. The summed E-state index contributed by atoms with van der Waals surface area (Å²) in [5, 5.41) is 3.57. The zero-order chi connectivity index (χ0) is 15.1. The molecule has 0 radical (unpaired) electrons. The Labute approximate surface area is 138 Å². The molecule has 0 atom stereocenters. The smallest absolute Gasteiger partial charge is 0.255 e. The molecule has 0 saturated heterocycles. The van der Waals surface area contributed by atoms with Crippen LogP contribution in [0, 0.1) is 0 Å². The lowest BCUT2D eigenvalue weighted by atomic mass is 9.95. The maximum absolute atomic E-state index is 10.9. The number of para-hydroxylation sites is 1. The fraction of sp³-hybridized carbons (Fsp3) is 0.562. The molecule has 124 valence electrons. The number of amides is 1. The molecule has 0 bridgehead atoms. The van der Waals surface area contributed by atoms with E-state index in [1.54, 1.807) is 7.11 Å². The molecule has 6 heteroatoms. The molecule has 1 aromatic carbocycles. The third kappa shape index (κ3) is 5.39. The van der Waals surface area contributed by atoms with Gasteiger partial charge in [-0.3, -0.25) is 4.79 Å². The normalized spacial score (nSPS) is 15.0. The van der Waals surface area contributed by atoms with Gasteiger partial charge in [0.05, 0.1) is 7.11 Å². The van der Waals surface area contributed by atoms with E-state index in [4.69, 9.17) is 15.2 Å². The topological polar surface area (TPSA) is 73.6 Å². The van der Waals surface area contributed by atoms with E-state index >= 15 is 0 Å². The first kappa shape index (κ1) is 18.6. The standard InChI is InChI=1S/C16H24N2O3.ClH/c1-20-14-9-5-6-12(16(14)21-11-15(17)19)10-18-13-7-3-2-4-8-13;/h5-6,9,13,18H,2-4,7-8,10-11H2,1H3,(H2,17,19);1H. The molecule has 1 aromatic rings. The van der Waals surface area contributed by atoms with E-state index in [-0.39, 0.29) is 19.0 Å². The zero-order valence-corrected chi connectivity index (χ0v) is 13.8. The summed E-state index contributed by atoms with van der Waals surface area (Å²) in [5.41, 5.74) is 6.14. The average molecular weight is 329 g/mol. The van der Waals surface area contributed by atoms with Crippen molar-refractivity contribution in [3.8, 4) is 11.5 Å². The predicted octanol–water partition coefficient (Wildman–Crippen LogP) is 2.40. The highest BCUT2D eigenvalue weighted by atomic mass is 35.5. The quantitative estimate of drug-likeness (QED) is 0.806. The SMILES string of the molecule is COc1cccc(CNC2CCCCC2)c1OCC(N)=O.Cl. The van der Waals surface area contributed by atoms with E-state index in [0.29, 0.717) is 24.1 Å². The van der Waals surface area contributed by atoms with Gasteiger partial charge < -0.3 is 20.5 Å². The monoisotopic (exact) mass is 328 g/mol. The van der Waals surface area contributed by atoms with Crippen molar-refractivity contribution in [1.29, 1.82) is 0 Å². The minimum Gasteiger partial charge on any atom is -0.493 e. The Morgan fingerprint density at radius 3 is 2.68 bits per heavy atom. The fourth-order valence-corrected chi connectivity index (χ4v) is 2.73. The molecule has 0 aromatic heterocycles. The van der Waals surface area contributed by atoms with Gasteiger partial charge in [0.1, 0.15) is 0 Å². The highest BCUT2D eigenvalue weighted by Gasteiger charge is 2.15. The lowest BCUT2D eigenvalue weighted by molar-refractivity contribution is -0.119. The first-order valence-electron chi connectivity index (χ1n) is 7.51. The summed E-state index contributed by atoms with van der Waals surface area (Å²) < 4.78 is 10.8. The van der Waals surface area contributed by atoms with Crippen molar-refractivity contribution in [3.63, 3.8) is 0 Å². The molecule has 1 aliphatic rings. The van der Waals surface area contributed by atoms with Crippen LogP contribution in [-0.2, 0) is 11.3 Å². The van der Waals surface area contributed by atoms with Gasteiger partial charge in [0.25, 0.3) is 5.91 Å². The van der Waals surface area contributed by atoms with Gasteiger partial charge in [-0.25, -0.2) is 0 Å². The minimum atomic E-state index is -0.493. The molecule has 1 aliphatic carbocycles. The van der Waals surface area contributed by atoms with Crippen LogP contribution in [-0.4, -0.2) is 25.7 Å². The van der Waals surface area contributed by atoms with Crippen LogP contribution in [0.4, 0.5) is 0 Å². The van der Waals surface area contributed by atoms with E-state index in [9.17, 15) is 4.79 Å². The summed E-state index contributed by atoms with van der Waals surface area (Å²) in [6, 6.07) is 6.29. The summed E-state index contributed by atoms with van der Waals surface area (Å²) >= 11 is 0. The predicted molar refractivity (Wildman–Crippen MR) is 88.6 cm³/mol. The third-order valence-electron chi connectivity index (χ3n) is 3.83. The second kappa shape index (κ2) is 9.54. The van der Waals surface area contributed by atoms with Crippen molar-refractivity contribution in [1.82, 2.24) is 5.32 Å². The first-order chi connectivity index (χ1) is 10.2. The van der Waals surface area contributed by atoms with Crippen LogP contribution in [0.1, 0.15) is 37.7 Å². The fourth-order valence-electron chi connectivity index (χ4n) is 2.73. The molecule has 0 unspecified atom stereocenters. The van der Waals surface area contributed by atoms with Crippen LogP contribution in [0.3, 0.4) is 0 Å². The summed E-state index contributed by atoms with van der Waals surface area (Å²) in [6.07, 6.45) is 6.37. The van der Waals surface area contributed by atoms with E-state index in [1.165, 1.54) is 32.1 Å². The zero-order valence-electron chi connectivity index (χ0n) is 13.0. The van der Waals surface area contributed by atoms with Crippen molar-refractivity contribution >= 4 is 18.3 Å². The molecule has 1 fully saturated rings. The van der Waals surface area contributed by atoms with Gasteiger partial charge in [-0.05, 0) is 18.9 Å². The third-order valence-corrected chi connectivity index (χ3v) is 3.83. The number of hydrogen-bond donors (Lipinski definition) is 2. The summed E-state index contributed by atoms with van der Waals surface area (Å²) in [5.74, 6) is 0.730. The molecule has 2 rings (SSSR count). The van der Waals surface area contributed by atoms with Crippen LogP contribution in [0.2, 0.25) is 0 Å².